The average Bonchev–Trinajstić information content (AvgIpc) is 2.28. The zero-order valence-electron chi connectivity index (χ0n) is 11.0. The van der Waals surface area contributed by atoms with Crippen molar-refractivity contribution in [2.75, 3.05) is 6.54 Å². The van der Waals surface area contributed by atoms with Crippen molar-refractivity contribution in [3.05, 3.63) is 0 Å². The van der Waals surface area contributed by atoms with E-state index in [0.29, 0.717) is 12.5 Å². The topological polar surface area (TPSA) is 63.3 Å². The number of carbonyl (C=O) groups is 1. The molecule has 100 valence electrons. The van der Waals surface area contributed by atoms with Gasteiger partial charge >= 0.3 is 5.97 Å². The lowest BCUT2D eigenvalue weighted by Crippen LogP contribution is -2.21. The minimum Gasteiger partial charge on any atom is -0.481 e. The number of carboxylic acids is 1. The molecule has 3 N–H and O–H groups in total. The molecule has 17 heavy (non-hydrogen) atoms. The molecule has 1 fully saturated rings. The first-order valence-corrected chi connectivity index (χ1v) is 7.03. The summed E-state index contributed by atoms with van der Waals surface area (Å²) in [6, 6.07) is 0. The molecule has 0 radical (unpaired) electrons. The predicted molar refractivity (Wildman–Crippen MR) is 69.8 cm³/mol. The van der Waals surface area contributed by atoms with Crippen LogP contribution in [0.3, 0.4) is 0 Å². The molecule has 1 rings (SSSR count). The van der Waals surface area contributed by atoms with Gasteiger partial charge in [-0.15, -0.1) is 0 Å². The molecule has 0 spiro atoms. The van der Waals surface area contributed by atoms with Gasteiger partial charge in [-0.2, -0.15) is 0 Å². The Bertz CT molecular complexity index is 224. The smallest absolute Gasteiger partial charge is 0.303 e. The number of aliphatic carboxylic acids is 1. The van der Waals surface area contributed by atoms with Crippen molar-refractivity contribution in [3.63, 3.8) is 0 Å². The molecule has 0 aromatic rings. The van der Waals surface area contributed by atoms with E-state index in [9.17, 15) is 4.79 Å². The van der Waals surface area contributed by atoms with Crippen molar-refractivity contribution < 1.29 is 9.90 Å². The summed E-state index contributed by atoms with van der Waals surface area (Å²) in [6.07, 6.45) is 9.36. The second-order valence-corrected chi connectivity index (χ2v) is 5.78. The van der Waals surface area contributed by atoms with Gasteiger partial charge in [-0.25, -0.2) is 0 Å². The first-order valence-electron chi connectivity index (χ1n) is 7.03. The highest BCUT2D eigenvalue weighted by Crippen LogP contribution is 2.31. The zero-order chi connectivity index (χ0) is 12.7. The van der Waals surface area contributed by atoms with Crippen molar-refractivity contribution in [3.8, 4) is 0 Å². The Morgan fingerprint density at radius 3 is 2.53 bits per heavy atom. The molecule has 1 saturated carbocycles. The number of carboxylic acid groups (broad SMARTS) is 1. The molecule has 0 aromatic carbocycles. The molecular formula is C14H27NO2. The Labute approximate surface area is 105 Å². The van der Waals surface area contributed by atoms with Crippen molar-refractivity contribution in [1.29, 1.82) is 0 Å². The zero-order valence-corrected chi connectivity index (χ0v) is 11.0. The molecule has 0 unspecified atom stereocenters. The van der Waals surface area contributed by atoms with Crippen LogP contribution in [0.1, 0.15) is 58.3 Å². The van der Waals surface area contributed by atoms with Crippen LogP contribution in [-0.2, 0) is 4.79 Å². The van der Waals surface area contributed by atoms with Crippen LogP contribution in [0, 0.1) is 17.8 Å². The van der Waals surface area contributed by atoms with Crippen molar-refractivity contribution >= 4 is 5.97 Å². The van der Waals surface area contributed by atoms with E-state index in [2.05, 4.69) is 6.92 Å². The summed E-state index contributed by atoms with van der Waals surface area (Å²) in [6.45, 7) is 2.75. The summed E-state index contributed by atoms with van der Waals surface area (Å²) in [4.78, 5) is 10.7. The summed E-state index contributed by atoms with van der Waals surface area (Å²) < 4.78 is 0. The normalized spacial score (nSPS) is 21.1. The Kier molecular flexibility index (Phi) is 6.56. The molecule has 0 bridgehead atoms. The molecule has 2 atom stereocenters. The van der Waals surface area contributed by atoms with Gasteiger partial charge in [-0.1, -0.05) is 39.0 Å². The third-order valence-electron chi connectivity index (χ3n) is 3.99. The van der Waals surface area contributed by atoms with Crippen molar-refractivity contribution in [2.45, 2.75) is 58.3 Å². The third kappa shape index (κ3) is 6.06. The Morgan fingerprint density at radius 1 is 1.35 bits per heavy atom. The summed E-state index contributed by atoms with van der Waals surface area (Å²) in [5.41, 5.74) is 5.64. The largest absolute Gasteiger partial charge is 0.481 e. The molecule has 0 saturated heterocycles. The minimum absolute atomic E-state index is 0.158. The second kappa shape index (κ2) is 7.70. The quantitative estimate of drug-likeness (QED) is 0.720. The van der Waals surface area contributed by atoms with Gasteiger partial charge in [-0.05, 0) is 37.1 Å². The summed E-state index contributed by atoms with van der Waals surface area (Å²) >= 11 is 0. The van der Waals surface area contributed by atoms with Gasteiger partial charge in [0.25, 0.3) is 0 Å². The standard InChI is InChI=1S/C14H27NO2/c1-11(7-12-5-3-2-4-6-12)8-13(10-15)9-14(16)17/h11-13H,2-10,15H2,1H3,(H,16,17)/t11-,13-/m1/s1. The first kappa shape index (κ1) is 14.5. The summed E-state index contributed by atoms with van der Waals surface area (Å²) in [5, 5.41) is 8.79. The maximum absolute atomic E-state index is 10.7. The lowest BCUT2D eigenvalue weighted by atomic mass is 9.80. The first-order chi connectivity index (χ1) is 8.11. The highest BCUT2D eigenvalue weighted by molar-refractivity contribution is 5.67. The van der Waals surface area contributed by atoms with Gasteiger partial charge < -0.3 is 10.8 Å². The Balaban J connectivity index is 2.25. The van der Waals surface area contributed by atoms with E-state index in [1.165, 1.54) is 38.5 Å². The van der Waals surface area contributed by atoms with E-state index in [4.69, 9.17) is 10.8 Å². The fraction of sp³-hybridized carbons (Fsp3) is 0.929. The molecule has 1 aliphatic rings. The van der Waals surface area contributed by atoms with E-state index in [0.717, 1.165) is 12.3 Å². The van der Waals surface area contributed by atoms with E-state index in [1.54, 1.807) is 0 Å². The maximum atomic E-state index is 10.7. The Hall–Kier alpha value is -0.570. The van der Waals surface area contributed by atoms with Crippen LogP contribution >= 0.6 is 0 Å². The van der Waals surface area contributed by atoms with Crippen LogP contribution in [0.4, 0.5) is 0 Å². The molecule has 0 heterocycles. The number of hydrogen-bond acceptors (Lipinski definition) is 2. The van der Waals surface area contributed by atoms with E-state index < -0.39 is 5.97 Å². The molecule has 3 heteroatoms. The van der Waals surface area contributed by atoms with E-state index in [-0.39, 0.29) is 12.3 Å². The average molecular weight is 241 g/mol. The highest BCUT2D eigenvalue weighted by Gasteiger charge is 2.20. The monoisotopic (exact) mass is 241 g/mol. The van der Waals surface area contributed by atoms with Crippen molar-refractivity contribution in [1.82, 2.24) is 0 Å². The lowest BCUT2D eigenvalue weighted by molar-refractivity contribution is -0.138. The fourth-order valence-corrected chi connectivity index (χ4v) is 3.17. The van der Waals surface area contributed by atoms with Gasteiger partial charge in [0.15, 0.2) is 0 Å². The van der Waals surface area contributed by atoms with Crippen LogP contribution in [0.5, 0.6) is 0 Å². The van der Waals surface area contributed by atoms with Crippen LogP contribution in [0.25, 0.3) is 0 Å². The number of rotatable bonds is 7. The molecule has 0 aromatic heterocycles. The summed E-state index contributed by atoms with van der Waals surface area (Å²) in [7, 11) is 0. The third-order valence-corrected chi connectivity index (χ3v) is 3.99. The molecule has 3 nitrogen and oxygen atoms in total. The number of nitrogens with two attached hydrogens (primary N) is 1. The Morgan fingerprint density at radius 2 is 2.00 bits per heavy atom. The SMILES string of the molecule is C[C@H](CC1CCCCC1)C[C@@H](CN)CC(=O)O. The van der Waals surface area contributed by atoms with Gasteiger partial charge in [0.2, 0.25) is 0 Å². The molecule has 0 aliphatic heterocycles. The molecule has 1 aliphatic carbocycles. The molecule has 0 amide bonds. The lowest BCUT2D eigenvalue weighted by Gasteiger charge is -2.26. The van der Waals surface area contributed by atoms with Gasteiger partial charge in [0.1, 0.15) is 0 Å². The van der Waals surface area contributed by atoms with Crippen LogP contribution in [0.2, 0.25) is 0 Å². The van der Waals surface area contributed by atoms with Crippen LogP contribution in [-0.4, -0.2) is 17.6 Å². The minimum atomic E-state index is -0.717. The second-order valence-electron chi connectivity index (χ2n) is 5.78. The van der Waals surface area contributed by atoms with E-state index in [1.807, 2.05) is 0 Å². The van der Waals surface area contributed by atoms with Crippen molar-refractivity contribution in [2.24, 2.45) is 23.5 Å². The van der Waals surface area contributed by atoms with E-state index >= 15 is 0 Å². The fourth-order valence-electron chi connectivity index (χ4n) is 3.17. The van der Waals surface area contributed by atoms with Crippen LogP contribution < -0.4 is 5.73 Å². The van der Waals surface area contributed by atoms with Crippen LogP contribution in [0.15, 0.2) is 0 Å². The highest BCUT2D eigenvalue weighted by atomic mass is 16.4. The van der Waals surface area contributed by atoms with Gasteiger partial charge in [-0.3, -0.25) is 4.79 Å². The number of hydrogen-bond donors (Lipinski definition) is 2. The predicted octanol–water partition coefficient (Wildman–Crippen LogP) is 3.03. The maximum Gasteiger partial charge on any atom is 0.303 e. The molecular weight excluding hydrogens is 214 g/mol. The summed E-state index contributed by atoms with van der Waals surface area (Å²) in [5.74, 6) is 0.935. The van der Waals surface area contributed by atoms with Gasteiger partial charge in [0, 0.05) is 6.42 Å². The van der Waals surface area contributed by atoms with Gasteiger partial charge in [0.05, 0.1) is 0 Å².